The van der Waals surface area contributed by atoms with Crippen molar-refractivity contribution in [2.24, 2.45) is 0 Å². The topological polar surface area (TPSA) is 35.6 Å². The summed E-state index contributed by atoms with van der Waals surface area (Å²) in [6, 6.07) is 61.4. The van der Waals surface area contributed by atoms with E-state index in [1.54, 1.807) is 0 Å². The Labute approximate surface area is 298 Å². The molecular weight excluding hydrogens is 633 g/mol. The van der Waals surface area contributed by atoms with E-state index >= 15 is 0 Å². The van der Waals surface area contributed by atoms with Crippen LogP contribution in [0.5, 0.6) is 0 Å². The average molecular weight is 661 g/mol. The van der Waals surface area contributed by atoms with Crippen LogP contribution < -0.4 is 0 Å². The molecule has 1 aliphatic rings. The number of benzene rings is 8. The molecule has 0 spiro atoms. The first-order chi connectivity index (χ1) is 25.8. The summed E-state index contributed by atoms with van der Waals surface area (Å²) in [7, 11) is 0. The number of hydrogen-bond acceptors (Lipinski definition) is 2. The fourth-order valence-corrected chi connectivity index (χ4v) is 8.68. The first-order valence-corrected chi connectivity index (χ1v) is 17.8. The highest BCUT2D eigenvalue weighted by Crippen LogP contribution is 2.49. The Morgan fingerprint density at radius 3 is 1.75 bits per heavy atom. The molecule has 0 radical (unpaired) electrons. The lowest BCUT2D eigenvalue weighted by Crippen LogP contribution is -2.02. The molecule has 12 rings (SSSR count). The number of nitrogens with zero attached hydrogens (tertiary/aromatic N) is 4. The van der Waals surface area contributed by atoms with Crippen molar-refractivity contribution in [1.82, 2.24) is 19.1 Å². The third kappa shape index (κ3) is 3.75. The van der Waals surface area contributed by atoms with E-state index in [2.05, 4.69) is 167 Å². The molecule has 0 saturated carbocycles. The van der Waals surface area contributed by atoms with Gasteiger partial charge in [0.05, 0.1) is 33.1 Å². The van der Waals surface area contributed by atoms with Gasteiger partial charge in [-0.1, -0.05) is 97.1 Å². The number of rotatable bonds is 2. The van der Waals surface area contributed by atoms with Gasteiger partial charge in [0.15, 0.2) is 5.82 Å². The summed E-state index contributed by atoms with van der Waals surface area (Å²) in [6.07, 6.45) is 0. The Balaban J connectivity index is 1.21. The Bertz CT molecular complexity index is 3290. The minimum atomic E-state index is 0.864. The van der Waals surface area contributed by atoms with E-state index < -0.39 is 0 Å². The van der Waals surface area contributed by atoms with Crippen LogP contribution in [0.2, 0.25) is 0 Å². The molecule has 0 aliphatic carbocycles. The van der Waals surface area contributed by atoms with Crippen LogP contribution in [-0.4, -0.2) is 19.1 Å². The van der Waals surface area contributed by atoms with Crippen molar-refractivity contribution in [3.8, 4) is 45.0 Å². The third-order valence-corrected chi connectivity index (χ3v) is 11.0. The second-order valence-corrected chi connectivity index (χ2v) is 13.8. The predicted octanol–water partition coefficient (Wildman–Crippen LogP) is 12.3. The normalized spacial score (nSPS) is 12.2. The summed E-state index contributed by atoms with van der Waals surface area (Å²) in [5.74, 6) is 0.864. The average Bonchev–Trinajstić information content (AvgIpc) is 3.69. The molecule has 4 nitrogen and oxygen atoms in total. The minimum absolute atomic E-state index is 0.864. The van der Waals surface area contributed by atoms with Crippen LogP contribution in [-0.2, 0) is 0 Å². The van der Waals surface area contributed by atoms with E-state index in [4.69, 9.17) is 9.97 Å². The van der Waals surface area contributed by atoms with Gasteiger partial charge in [-0.25, -0.2) is 9.97 Å². The summed E-state index contributed by atoms with van der Waals surface area (Å²) < 4.78 is 4.74. The molecule has 240 valence electrons. The molecule has 0 amide bonds. The lowest BCUT2D eigenvalue weighted by molar-refractivity contribution is 1.09. The van der Waals surface area contributed by atoms with Crippen LogP contribution in [0.15, 0.2) is 170 Å². The van der Waals surface area contributed by atoms with Gasteiger partial charge in [0.25, 0.3) is 0 Å². The van der Waals surface area contributed by atoms with Gasteiger partial charge in [-0.15, -0.1) is 0 Å². The van der Waals surface area contributed by atoms with Crippen molar-refractivity contribution >= 4 is 65.4 Å². The second-order valence-electron chi connectivity index (χ2n) is 13.8. The Morgan fingerprint density at radius 1 is 0.365 bits per heavy atom. The summed E-state index contributed by atoms with van der Waals surface area (Å²) >= 11 is 0. The van der Waals surface area contributed by atoms with Crippen molar-refractivity contribution in [3.63, 3.8) is 0 Å². The third-order valence-electron chi connectivity index (χ3n) is 11.0. The molecule has 0 atom stereocenters. The highest BCUT2D eigenvalue weighted by molar-refractivity contribution is 6.19. The van der Waals surface area contributed by atoms with Crippen molar-refractivity contribution in [2.75, 3.05) is 0 Å². The fourth-order valence-electron chi connectivity index (χ4n) is 8.68. The largest absolute Gasteiger partial charge is 0.309 e. The van der Waals surface area contributed by atoms with Gasteiger partial charge in [-0.3, -0.25) is 4.57 Å². The van der Waals surface area contributed by atoms with Gasteiger partial charge in [0.2, 0.25) is 0 Å². The Hall–Kier alpha value is -7.04. The minimum Gasteiger partial charge on any atom is -0.309 e. The molecule has 8 aromatic carbocycles. The molecule has 11 aromatic rings. The monoisotopic (exact) mass is 660 g/mol. The first kappa shape index (κ1) is 27.7. The standard InChI is InChI=1S/C48H28N4/c1-2-14-33(15-3-1)51-43-20-10-6-16-34(43)37-25-31(22-23-45(37)51)32-27-39-35-17-7-11-21-44(35)52-47(39)40(28-32)36-24-29-12-4-5-13-30(29)26-38(36)46-48(52)50-42-19-9-8-18-41(42)49-46/h1-28H. The summed E-state index contributed by atoms with van der Waals surface area (Å²) in [6.45, 7) is 0. The second kappa shape index (κ2) is 10.3. The highest BCUT2D eigenvalue weighted by atomic mass is 15.1. The van der Waals surface area contributed by atoms with Gasteiger partial charge in [0, 0.05) is 38.4 Å². The molecule has 1 aliphatic heterocycles. The van der Waals surface area contributed by atoms with Crippen LogP contribution >= 0.6 is 0 Å². The van der Waals surface area contributed by atoms with Crippen molar-refractivity contribution in [3.05, 3.63) is 170 Å². The molecule has 3 aromatic heterocycles. The maximum Gasteiger partial charge on any atom is 0.165 e. The number of hydrogen-bond donors (Lipinski definition) is 0. The maximum atomic E-state index is 5.37. The SMILES string of the molecule is c1ccc(-n2c3ccccc3c3cc(-c4cc5c6c(c4)c4ccccc4n6-c4nc6ccccc6nc4-c4cc6ccccc6cc4-5)ccc32)cc1. The zero-order valence-electron chi connectivity index (χ0n) is 28.0. The highest BCUT2D eigenvalue weighted by Gasteiger charge is 2.28. The number of para-hydroxylation sites is 5. The lowest BCUT2D eigenvalue weighted by atomic mass is 9.90. The fraction of sp³-hybridized carbons (Fsp3) is 0. The van der Waals surface area contributed by atoms with Crippen LogP contribution in [0.3, 0.4) is 0 Å². The lowest BCUT2D eigenvalue weighted by Gasteiger charge is -2.14. The summed E-state index contributed by atoms with van der Waals surface area (Å²) in [4.78, 5) is 10.7. The molecule has 4 heterocycles. The van der Waals surface area contributed by atoms with Gasteiger partial charge in [-0.2, -0.15) is 0 Å². The smallest absolute Gasteiger partial charge is 0.165 e. The molecule has 0 N–H and O–H groups in total. The maximum absolute atomic E-state index is 5.37. The van der Waals surface area contributed by atoms with E-state index in [1.165, 1.54) is 65.6 Å². The number of aromatic nitrogens is 4. The molecule has 4 heteroatoms. The first-order valence-electron chi connectivity index (χ1n) is 17.8. The van der Waals surface area contributed by atoms with Gasteiger partial charge < -0.3 is 4.57 Å². The van der Waals surface area contributed by atoms with Crippen LogP contribution in [0.4, 0.5) is 0 Å². The van der Waals surface area contributed by atoms with Gasteiger partial charge >= 0.3 is 0 Å². The van der Waals surface area contributed by atoms with Crippen LogP contribution in [0.25, 0.3) is 110 Å². The molecule has 0 fully saturated rings. The van der Waals surface area contributed by atoms with Gasteiger partial charge in [0.1, 0.15) is 5.69 Å². The van der Waals surface area contributed by atoms with Crippen molar-refractivity contribution in [2.45, 2.75) is 0 Å². The van der Waals surface area contributed by atoms with Crippen molar-refractivity contribution in [1.29, 1.82) is 0 Å². The van der Waals surface area contributed by atoms with Gasteiger partial charge in [-0.05, 0) is 100 Å². The number of fused-ring (bicyclic) bond motifs is 13. The Kier molecular flexibility index (Phi) is 5.47. The van der Waals surface area contributed by atoms with E-state index in [0.717, 1.165) is 44.8 Å². The summed E-state index contributed by atoms with van der Waals surface area (Å²) in [5.41, 5.74) is 14.3. The molecular formula is C48H28N4. The van der Waals surface area contributed by atoms with Crippen LogP contribution in [0, 0.1) is 0 Å². The molecule has 52 heavy (non-hydrogen) atoms. The van der Waals surface area contributed by atoms with E-state index in [1.807, 2.05) is 12.1 Å². The summed E-state index contributed by atoms with van der Waals surface area (Å²) in [5, 5.41) is 7.28. The van der Waals surface area contributed by atoms with E-state index in [0.29, 0.717) is 0 Å². The molecule has 0 saturated heterocycles. The van der Waals surface area contributed by atoms with E-state index in [-0.39, 0.29) is 0 Å². The zero-order valence-corrected chi connectivity index (χ0v) is 28.0. The predicted molar refractivity (Wildman–Crippen MR) is 216 cm³/mol. The Morgan fingerprint density at radius 2 is 0.962 bits per heavy atom. The zero-order chi connectivity index (χ0) is 33.9. The van der Waals surface area contributed by atoms with E-state index in [9.17, 15) is 0 Å². The van der Waals surface area contributed by atoms with Crippen molar-refractivity contribution < 1.29 is 0 Å². The quantitative estimate of drug-likeness (QED) is 0.185. The molecule has 0 bridgehead atoms. The molecule has 0 unspecified atom stereocenters. The van der Waals surface area contributed by atoms with Crippen LogP contribution in [0.1, 0.15) is 0 Å².